The van der Waals surface area contributed by atoms with Crippen LogP contribution in [0.25, 0.3) is 0 Å². The number of aliphatic hydroxyl groups is 1. The standard InChI is InChI=1S/C11H14F2O2/c1-2-10(14)8-3-5-9(6-4-8)15-7-11(12)13/h3-6,10-11,14H,2,7H2,1H3/t10-/m0/s1. The topological polar surface area (TPSA) is 29.5 Å². The Morgan fingerprint density at radius 1 is 1.27 bits per heavy atom. The molecule has 0 aliphatic carbocycles. The fourth-order valence-corrected chi connectivity index (χ4v) is 1.18. The van der Waals surface area contributed by atoms with Gasteiger partial charge in [0, 0.05) is 0 Å². The number of rotatable bonds is 5. The van der Waals surface area contributed by atoms with Gasteiger partial charge >= 0.3 is 0 Å². The minimum atomic E-state index is -2.47. The second-order valence-electron chi connectivity index (χ2n) is 3.20. The van der Waals surface area contributed by atoms with Gasteiger partial charge in [-0.15, -0.1) is 0 Å². The first-order valence-electron chi connectivity index (χ1n) is 4.82. The molecule has 15 heavy (non-hydrogen) atoms. The predicted octanol–water partition coefficient (Wildman–Crippen LogP) is 2.77. The van der Waals surface area contributed by atoms with Crippen molar-refractivity contribution in [3.05, 3.63) is 29.8 Å². The first-order valence-corrected chi connectivity index (χ1v) is 4.82. The van der Waals surface area contributed by atoms with Gasteiger partial charge in [0.2, 0.25) is 0 Å². The molecule has 84 valence electrons. The number of hydrogen-bond acceptors (Lipinski definition) is 2. The molecule has 0 spiro atoms. The Bertz CT molecular complexity index is 285. The van der Waals surface area contributed by atoms with Gasteiger partial charge in [-0.2, -0.15) is 0 Å². The van der Waals surface area contributed by atoms with Crippen molar-refractivity contribution >= 4 is 0 Å². The maximum atomic E-state index is 11.8. The van der Waals surface area contributed by atoms with E-state index >= 15 is 0 Å². The molecule has 1 aromatic carbocycles. The van der Waals surface area contributed by atoms with Crippen LogP contribution in [-0.2, 0) is 0 Å². The second-order valence-corrected chi connectivity index (χ2v) is 3.20. The van der Waals surface area contributed by atoms with E-state index < -0.39 is 19.1 Å². The zero-order valence-corrected chi connectivity index (χ0v) is 8.49. The molecule has 0 aromatic heterocycles. The normalized spacial score (nSPS) is 12.9. The third-order valence-electron chi connectivity index (χ3n) is 2.03. The van der Waals surface area contributed by atoms with Crippen LogP contribution >= 0.6 is 0 Å². The van der Waals surface area contributed by atoms with Crippen molar-refractivity contribution in [1.82, 2.24) is 0 Å². The number of alkyl halides is 2. The molecular formula is C11H14F2O2. The Kier molecular flexibility index (Phi) is 4.49. The van der Waals surface area contributed by atoms with E-state index in [2.05, 4.69) is 0 Å². The lowest BCUT2D eigenvalue weighted by atomic mass is 10.1. The molecule has 4 heteroatoms. The minimum absolute atomic E-state index is 0.391. The largest absolute Gasteiger partial charge is 0.488 e. The third kappa shape index (κ3) is 3.83. The van der Waals surface area contributed by atoms with Crippen molar-refractivity contribution in [2.24, 2.45) is 0 Å². The van der Waals surface area contributed by atoms with Gasteiger partial charge in [-0.25, -0.2) is 8.78 Å². The molecule has 0 saturated carbocycles. The quantitative estimate of drug-likeness (QED) is 0.820. The summed E-state index contributed by atoms with van der Waals surface area (Å²) in [5.74, 6) is 0.391. The highest BCUT2D eigenvalue weighted by molar-refractivity contribution is 5.28. The van der Waals surface area contributed by atoms with Crippen LogP contribution in [0.2, 0.25) is 0 Å². The van der Waals surface area contributed by atoms with Crippen LogP contribution in [0.15, 0.2) is 24.3 Å². The fourth-order valence-electron chi connectivity index (χ4n) is 1.18. The van der Waals surface area contributed by atoms with Crippen molar-refractivity contribution in [3.8, 4) is 5.75 Å². The molecule has 1 aromatic rings. The number of benzene rings is 1. The number of halogens is 2. The van der Waals surface area contributed by atoms with Crippen LogP contribution < -0.4 is 4.74 Å². The van der Waals surface area contributed by atoms with Crippen molar-refractivity contribution < 1.29 is 18.6 Å². The smallest absolute Gasteiger partial charge is 0.272 e. The van der Waals surface area contributed by atoms with E-state index in [4.69, 9.17) is 4.74 Å². The van der Waals surface area contributed by atoms with E-state index in [-0.39, 0.29) is 0 Å². The molecule has 0 bridgehead atoms. The molecule has 0 saturated heterocycles. The second kappa shape index (κ2) is 5.66. The van der Waals surface area contributed by atoms with Crippen LogP contribution in [0.4, 0.5) is 8.78 Å². The molecule has 1 rings (SSSR count). The summed E-state index contributed by atoms with van der Waals surface area (Å²) < 4.78 is 28.4. The lowest BCUT2D eigenvalue weighted by Crippen LogP contribution is -2.07. The Balaban J connectivity index is 2.56. The zero-order valence-electron chi connectivity index (χ0n) is 8.49. The SMILES string of the molecule is CC[C@H](O)c1ccc(OCC(F)F)cc1. The van der Waals surface area contributed by atoms with Gasteiger partial charge in [0.25, 0.3) is 6.43 Å². The average Bonchev–Trinajstić information content (AvgIpc) is 2.26. The molecule has 0 radical (unpaired) electrons. The number of ether oxygens (including phenoxy) is 1. The molecule has 1 N–H and O–H groups in total. The lowest BCUT2D eigenvalue weighted by Gasteiger charge is -2.09. The van der Waals surface area contributed by atoms with E-state index in [1.165, 1.54) is 0 Å². The maximum absolute atomic E-state index is 11.8. The summed E-state index contributed by atoms with van der Waals surface area (Å²) in [6.07, 6.45) is -2.35. The Morgan fingerprint density at radius 3 is 2.33 bits per heavy atom. The molecule has 1 atom stereocenters. The molecular weight excluding hydrogens is 202 g/mol. The van der Waals surface area contributed by atoms with Crippen molar-refractivity contribution in [2.45, 2.75) is 25.9 Å². The Morgan fingerprint density at radius 2 is 1.87 bits per heavy atom. The summed E-state index contributed by atoms with van der Waals surface area (Å²) in [4.78, 5) is 0. The Labute approximate surface area is 87.5 Å². The van der Waals surface area contributed by atoms with E-state index in [0.717, 1.165) is 5.56 Å². The van der Waals surface area contributed by atoms with Crippen molar-refractivity contribution in [1.29, 1.82) is 0 Å². The molecule has 0 aliphatic heterocycles. The van der Waals surface area contributed by atoms with Crippen LogP contribution in [0.3, 0.4) is 0 Å². The average molecular weight is 216 g/mol. The van der Waals surface area contributed by atoms with E-state index in [1.54, 1.807) is 24.3 Å². The maximum Gasteiger partial charge on any atom is 0.272 e. The monoisotopic (exact) mass is 216 g/mol. The van der Waals surface area contributed by atoms with Gasteiger partial charge in [0.1, 0.15) is 12.4 Å². The van der Waals surface area contributed by atoms with Crippen molar-refractivity contribution in [2.75, 3.05) is 6.61 Å². The van der Waals surface area contributed by atoms with E-state index in [9.17, 15) is 13.9 Å². The van der Waals surface area contributed by atoms with Gasteiger partial charge in [0.15, 0.2) is 0 Å². The molecule has 0 amide bonds. The molecule has 0 unspecified atom stereocenters. The first kappa shape index (κ1) is 11.9. The first-order chi connectivity index (χ1) is 7.13. The summed E-state index contributed by atoms with van der Waals surface area (Å²) in [5, 5.41) is 9.48. The van der Waals surface area contributed by atoms with Gasteiger partial charge < -0.3 is 9.84 Å². The van der Waals surface area contributed by atoms with Crippen LogP contribution in [-0.4, -0.2) is 18.1 Å². The summed E-state index contributed by atoms with van der Waals surface area (Å²) in [6.45, 7) is 1.27. The highest BCUT2D eigenvalue weighted by atomic mass is 19.3. The van der Waals surface area contributed by atoms with E-state index in [1.807, 2.05) is 6.92 Å². The summed E-state index contributed by atoms with van der Waals surface area (Å²) in [6, 6.07) is 6.51. The molecule has 0 heterocycles. The molecule has 0 fully saturated rings. The van der Waals surface area contributed by atoms with Gasteiger partial charge in [-0.1, -0.05) is 19.1 Å². The third-order valence-corrected chi connectivity index (χ3v) is 2.03. The Hall–Kier alpha value is -1.16. The minimum Gasteiger partial charge on any atom is -0.488 e. The highest BCUT2D eigenvalue weighted by Crippen LogP contribution is 2.19. The summed E-state index contributed by atoms with van der Waals surface area (Å²) >= 11 is 0. The predicted molar refractivity (Wildman–Crippen MR) is 53.2 cm³/mol. The van der Waals surface area contributed by atoms with Gasteiger partial charge in [-0.3, -0.25) is 0 Å². The van der Waals surface area contributed by atoms with E-state index in [0.29, 0.717) is 12.2 Å². The van der Waals surface area contributed by atoms with Gasteiger partial charge in [0.05, 0.1) is 6.10 Å². The van der Waals surface area contributed by atoms with Crippen LogP contribution in [0.1, 0.15) is 25.0 Å². The summed E-state index contributed by atoms with van der Waals surface area (Å²) in [5.41, 5.74) is 0.766. The summed E-state index contributed by atoms with van der Waals surface area (Å²) in [7, 11) is 0. The number of aliphatic hydroxyl groups excluding tert-OH is 1. The fraction of sp³-hybridized carbons (Fsp3) is 0.455. The molecule has 2 nitrogen and oxygen atoms in total. The van der Waals surface area contributed by atoms with Crippen LogP contribution in [0.5, 0.6) is 5.75 Å². The van der Waals surface area contributed by atoms with Crippen LogP contribution in [0, 0.1) is 0 Å². The number of hydrogen-bond donors (Lipinski definition) is 1. The lowest BCUT2D eigenvalue weighted by molar-refractivity contribution is 0.0818. The van der Waals surface area contributed by atoms with Gasteiger partial charge in [-0.05, 0) is 24.1 Å². The molecule has 0 aliphatic rings. The van der Waals surface area contributed by atoms with Crippen molar-refractivity contribution in [3.63, 3.8) is 0 Å². The zero-order chi connectivity index (χ0) is 11.3. The highest BCUT2D eigenvalue weighted by Gasteiger charge is 2.06.